The van der Waals surface area contributed by atoms with Crippen molar-refractivity contribution in [1.29, 1.82) is 0 Å². The van der Waals surface area contributed by atoms with Gasteiger partial charge in [0.15, 0.2) is 0 Å². The SMILES string of the molecule is C[C](=[Zr])C1=C(C)C(C)=C(C)C1. The van der Waals surface area contributed by atoms with Crippen LogP contribution in [0.1, 0.15) is 34.1 Å². The Hall–Kier alpha value is 0.233. The van der Waals surface area contributed by atoms with Gasteiger partial charge in [-0.25, -0.2) is 0 Å². The Morgan fingerprint density at radius 3 is 1.91 bits per heavy atom. The summed E-state index contributed by atoms with van der Waals surface area (Å²) in [6.07, 6.45) is 1.20. The molecule has 1 rings (SSSR count). The monoisotopic (exact) mass is 224 g/mol. The zero-order chi connectivity index (χ0) is 8.59. The third-order valence-electron chi connectivity index (χ3n) is 2.55. The third-order valence-corrected chi connectivity index (χ3v) is 3.29. The van der Waals surface area contributed by atoms with Gasteiger partial charge in [-0.15, -0.1) is 0 Å². The molecule has 1 aliphatic carbocycles. The van der Waals surface area contributed by atoms with E-state index in [1.165, 1.54) is 17.6 Å². The topological polar surface area (TPSA) is 0 Å². The van der Waals surface area contributed by atoms with Crippen molar-refractivity contribution >= 4 is 3.21 Å². The summed E-state index contributed by atoms with van der Waals surface area (Å²) in [5.74, 6) is 0. The van der Waals surface area contributed by atoms with E-state index in [2.05, 4.69) is 27.7 Å². The first kappa shape index (κ1) is 9.32. The van der Waals surface area contributed by atoms with E-state index in [4.69, 9.17) is 0 Å². The third kappa shape index (κ3) is 1.69. The number of hydrogen-bond donors (Lipinski definition) is 0. The van der Waals surface area contributed by atoms with Crippen LogP contribution in [0.15, 0.2) is 22.3 Å². The molecule has 0 saturated carbocycles. The van der Waals surface area contributed by atoms with Gasteiger partial charge in [0.2, 0.25) is 0 Å². The molecule has 1 heteroatoms. The van der Waals surface area contributed by atoms with Crippen molar-refractivity contribution in [2.75, 3.05) is 0 Å². The fourth-order valence-corrected chi connectivity index (χ4v) is 2.17. The predicted molar refractivity (Wildman–Crippen MR) is 46.4 cm³/mol. The van der Waals surface area contributed by atoms with Crippen LogP contribution in [0.5, 0.6) is 0 Å². The second kappa shape index (κ2) is 3.31. The van der Waals surface area contributed by atoms with Crippen LogP contribution < -0.4 is 0 Å². The molecule has 0 spiro atoms. The van der Waals surface area contributed by atoms with Crippen LogP contribution >= 0.6 is 0 Å². The summed E-state index contributed by atoms with van der Waals surface area (Å²) >= 11 is 1.56. The molecule has 0 heterocycles. The van der Waals surface area contributed by atoms with Gasteiger partial charge in [-0.2, -0.15) is 0 Å². The van der Waals surface area contributed by atoms with Gasteiger partial charge in [0.05, 0.1) is 0 Å². The predicted octanol–water partition coefficient (Wildman–Crippen LogP) is 2.78. The van der Waals surface area contributed by atoms with Gasteiger partial charge in [-0.1, -0.05) is 0 Å². The maximum atomic E-state index is 2.24. The number of hydrogen-bond acceptors (Lipinski definition) is 0. The Labute approximate surface area is 83.7 Å². The van der Waals surface area contributed by atoms with Crippen molar-refractivity contribution in [2.45, 2.75) is 34.1 Å². The van der Waals surface area contributed by atoms with Crippen LogP contribution in [-0.2, 0) is 24.2 Å². The van der Waals surface area contributed by atoms with Crippen LogP contribution in [0.4, 0.5) is 0 Å². The van der Waals surface area contributed by atoms with Crippen LogP contribution in [0.2, 0.25) is 0 Å². The summed E-state index contributed by atoms with van der Waals surface area (Å²) in [5.41, 5.74) is 6.19. The number of rotatable bonds is 1. The van der Waals surface area contributed by atoms with Crippen molar-refractivity contribution in [3.63, 3.8) is 0 Å². The quantitative estimate of drug-likeness (QED) is 0.644. The van der Waals surface area contributed by atoms with E-state index < -0.39 is 0 Å². The molecular formula is C10H14Zr. The molecule has 0 aromatic carbocycles. The summed E-state index contributed by atoms with van der Waals surface area (Å²) < 4.78 is 1.56. The molecule has 0 nitrogen and oxygen atoms in total. The summed E-state index contributed by atoms with van der Waals surface area (Å²) in [4.78, 5) is 0. The fourth-order valence-electron chi connectivity index (χ4n) is 1.49. The molecule has 0 aromatic rings. The van der Waals surface area contributed by atoms with Crippen molar-refractivity contribution < 1.29 is 24.2 Å². The van der Waals surface area contributed by atoms with Crippen molar-refractivity contribution in [2.24, 2.45) is 0 Å². The first-order chi connectivity index (χ1) is 5.04. The molecule has 0 saturated heterocycles. The Morgan fingerprint density at radius 1 is 1.18 bits per heavy atom. The van der Waals surface area contributed by atoms with E-state index in [9.17, 15) is 0 Å². The molecular weight excluding hydrogens is 211 g/mol. The van der Waals surface area contributed by atoms with Gasteiger partial charge in [-0.05, 0) is 0 Å². The minimum atomic E-state index is 1.20. The number of allylic oxidation sites excluding steroid dienone is 4. The van der Waals surface area contributed by atoms with Gasteiger partial charge < -0.3 is 0 Å². The average Bonchev–Trinajstić information content (AvgIpc) is 2.17. The fraction of sp³-hybridized carbons (Fsp3) is 0.500. The van der Waals surface area contributed by atoms with Gasteiger partial charge in [-0.3, -0.25) is 0 Å². The zero-order valence-corrected chi connectivity index (χ0v) is 10.2. The first-order valence-electron chi connectivity index (χ1n) is 3.96. The Morgan fingerprint density at radius 2 is 1.73 bits per heavy atom. The summed E-state index contributed by atoms with van der Waals surface area (Å²) in [5, 5.41) is 0. The molecule has 0 bridgehead atoms. The molecule has 1 aliphatic rings. The van der Waals surface area contributed by atoms with E-state index in [0.29, 0.717) is 0 Å². The summed E-state index contributed by atoms with van der Waals surface area (Å²) in [6.45, 7) is 8.96. The molecule has 58 valence electrons. The molecule has 0 radical (unpaired) electrons. The van der Waals surface area contributed by atoms with Crippen LogP contribution in [-0.4, -0.2) is 3.21 Å². The molecule has 0 fully saturated rings. The molecule has 0 aliphatic heterocycles. The van der Waals surface area contributed by atoms with E-state index in [-0.39, 0.29) is 0 Å². The van der Waals surface area contributed by atoms with Gasteiger partial charge in [0, 0.05) is 0 Å². The summed E-state index contributed by atoms with van der Waals surface area (Å²) in [6, 6.07) is 0. The Bertz CT molecular complexity index is 267. The maximum absolute atomic E-state index is 2.24. The standard InChI is InChI=1S/C10H14.Zr/c1-5-10-6-7(2)8(3)9(10)4;/h6H2,1-4H3;. The zero-order valence-electron chi connectivity index (χ0n) is 7.71. The van der Waals surface area contributed by atoms with Crippen molar-refractivity contribution in [1.82, 2.24) is 0 Å². The van der Waals surface area contributed by atoms with Crippen molar-refractivity contribution in [3.05, 3.63) is 22.3 Å². The molecule has 0 amide bonds. The van der Waals surface area contributed by atoms with E-state index in [1.54, 1.807) is 38.6 Å². The molecule has 11 heavy (non-hydrogen) atoms. The Kier molecular flexibility index (Phi) is 2.81. The molecule has 0 N–H and O–H groups in total. The van der Waals surface area contributed by atoms with Crippen LogP contribution in [0.25, 0.3) is 0 Å². The van der Waals surface area contributed by atoms with Gasteiger partial charge in [0.25, 0.3) is 0 Å². The Balaban J connectivity index is 3.02. The minimum absolute atomic E-state index is 1.20. The van der Waals surface area contributed by atoms with E-state index in [0.717, 1.165) is 0 Å². The molecule has 0 aromatic heterocycles. The van der Waals surface area contributed by atoms with Crippen LogP contribution in [0.3, 0.4) is 0 Å². The second-order valence-corrected chi connectivity index (χ2v) is 5.15. The normalized spacial score (nSPS) is 18.1. The molecule has 0 unspecified atom stereocenters. The summed E-state index contributed by atoms with van der Waals surface area (Å²) in [7, 11) is 0. The average molecular weight is 225 g/mol. The first-order valence-corrected chi connectivity index (χ1v) is 5.19. The molecule has 0 atom stereocenters. The second-order valence-electron chi connectivity index (χ2n) is 3.31. The van der Waals surface area contributed by atoms with E-state index >= 15 is 0 Å². The van der Waals surface area contributed by atoms with Gasteiger partial charge in [0.1, 0.15) is 0 Å². The van der Waals surface area contributed by atoms with Crippen molar-refractivity contribution in [3.8, 4) is 0 Å². The van der Waals surface area contributed by atoms with Crippen LogP contribution in [0, 0.1) is 0 Å². The van der Waals surface area contributed by atoms with E-state index in [1.807, 2.05) is 0 Å². The van der Waals surface area contributed by atoms with Gasteiger partial charge >= 0.3 is 83.8 Å².